The van der Waals surface area contributed by atoms with Crippen LogP contribution in [0, 0.1) is 6.92 Å². The van der Waals surface area contributed by atoms with E-state index >= 15 is 0 Å². The van der Waals surface area contributed by atoms with E-state index in [1.807, 2.05) is 17.0 Å². The molecule has 0 radical (unpaired) electrons. The Balaban J connectivity index is 1.55. The highest BCUT2D eigenvalue weighted by Crippen LogP contribution is 2.33. The fourth-order valence-electron chi connectivity index (χ4n) is 3.84. The average Bonchev–Trinajstić information content (AvgIpc) is 3.05. The molecule has 1 saturated heterocycles. The first-order valence-electron chi connectivity index (χ1n) is 9.05. The maximum atomic E-state index is 13.2. The van der Waals surface area contributed by atoms with Crippen LogP contribution in [0.25, 0.3) is 0 Å². The number of hydrogen-bond acceptors (Lipinski definition) is 5. The summed E-state index contributed by atoms with van der Waals surface area (Å²) in [7, 11) is 0. The number of carbonyl (C=O) groups is 1. The normalized spacial score (nSPS) is 23.5. The molecule has 3 heterocycles. The van der Waals surface area contributed by atoms with Crippen molar-refractivity contribution in [3.05, 3.63) is 41.5 Å². The van der Waals surface area contributed by atoms with Crippen LogP contribution in [0.1, 0.15) is 55.1 Å². The lowest BCUT2D eigenvalue weighted by atomic mass is 9.99. The van der Waals surface area contributed by atoms with Gasteiger partial charge < -0.3 is 14.2 Å². The molecule has 0 aliphatic carbocycles. The topological polar surface area (TPSA) is 68.5 Å². The molecule has 1 amide bonds. The second-order valence-electron chi connectivity index (χ2n) is 6.94. The Bertz CT molecular complexity index is 744. The predicted octanol–water partition coefficient (Wildman–Crippen LogP) is 3.22. The highest BCUT2D eigenvalue weighted by molar-refractivity contribution is 5.82. The summed E-state index contributed by atoms with van der Waals surface area (Å²) in [6, 6.07) is 6.03. The van der Waals surface area contributed by atoms with Crippen LogP contribution in [0.2, 0.25) is 0 Å². The number of ether oxygens (including phenoxy) is 1. The van der Waals surface area contributed by atoms with Gasteiger partial charge in [0.2, 0.25) is 6.39 Å². The van der Waals surface area contributed by atoms with Gasteiger partial charge >= 0.3 is 0 Å². The monoisotopic (exact) mass is 341 g/mol. The summed E-state index contributed by atoms with van der Waals surface area (Å²) in [5.41, 5.74) is 2.41. The van der Waals surface area contributed by atoms with Gasteiger partial charge in [0.15, 0.2) is 11.9 Å². The molecule has 1 fully saturated rings. The van der Waals surface area contributed by atoms with E-state index in [0.717, 1.165) is 44.4 Å². The van der Waals surface area contributed by atoms with Crippen LogP contribution < -0.4 is 4.74 Å². The quantitative estimate of drug-likeness (QED) is 0.839. The van der Waals surface area contributed by atoms with Crippen LogP contribution in [0.4, 0.5) is 0 Å². The Labute approximate surface area is 147 Å². The summed E-state index contributed by atoms with van der Waals surface area (Å²) < 4.78 is 11.0. The molecule has 4 rings (SSSR count). The van der Waals surface area contributed by atoms with Crippen molar-refractivity contribution in [2.75, 3.05) is 6.54 Å². The van der Waals surface area contributed by atoms with Crippen molar-refractivity contribution < 1.29 is 14.1 Å². The minimum absolute atomic E-state index is 0.0444. The summed E-state index contributed by atoms with van der Waals surface area (Å²) in [6.07, 6.45) is 6.54. The SMILES string of the molecule is Cc1ccc2c(c1)CC[C@@H](C(=O)N1CCCCC[C@@H]1c1ncon1)O2. The number of hydrogen-bond donors (Lipinski definition) is 0. The molecule has 0 saturated carbocycles. The van der Waals surface area contributed by atoms with E-state index in [0.29, 0.717) is 12.2 Å². The molecule has 2 aromatic rings. The summed E-state index contributed by atoms with van der Waals surface area (Å²) in [6.45, 7) is 2.79. The smallest absolute Gasteiger partial charge is 0.264 e. The van der Waals surface area contributed by atoms with Crippen LogP contribution in [0.5, 0.6) is 5.75 Å². The second kappa shape index (κ2) is 6.86. The standard InChI is InChI=1S/C19H23N3O3/c1-13-6-8-16-14(11-13)7-9-17(25-16)19(23)22-10-4-2-3-5-15(22)18-20-12-24-21-18/h6,8,11-12,15,17H,2-5,7,9-10H2,1H3/t15-,17+/m1/s1. The van der Waals surface area contributed by atoms with Gasteiger partial charge in [-0.05, 0) is 44.2 Å². The fraction of sp³-hybridized carbons (Fsp3) is 0.526. The zero-order chi connectivity index (χ0) is 17.2. The van der Waals surface area contributed by atoms with Gasteiger partial charge in [0, 0.05) is 6.54 Å². The number of likely N-dealkylation sites (tertiary alicyclic amines) is 1. The number of amides is 1. The van der Waals surface area contributed by atoms with Gasteiger partial charge in [-0.2, -0.15) is 4.98 Å². The Morgan fingerprint density at radius 1 is 1.24 bits per heavy atom. The summed E-state index contributed by atoms with van der Waals surface area (Å²) in [4.78, 5) is 19.3. The third-order valence-electron chi connectivity index (χ3n) is 5.15. The number of aromatic nitrogens is 2. The number of nitrogens with zero attached hydrogens (tertiary/aromatic N) is 3. The Kier molecular flexibility index (Phi) is 4.42. The number of aryl methyl sites for hydroxylation is 2. The van der Waals surface area contributed by atoms with Crippen LogP contribution in [-0.4, -0.2) is 33.6 Å². The highest BCUT2D eigenvalue weighted by atomic mass is 16.5. The van der Waals surface area contributed by atoms with Crippen molar-refractivity contribution in [2.24, 2.45) is 0 Å². The molecular formula is C19H23N3O3. The van der Waals surface area contributed by atoms with E-state index in [1.54, 1.807) is 0 Å². The molecule has 1 aromatic carbocycles. The molecule has 2 aliphatic rings. The molecule has 2 atom stereocenters. The first kappa shape index (κ1) is 16.1. The van der Waals surface area contributed by atoms with Gasteiger partial charge in [0.25, 0.3) is 5.91 Å². The van der Waals surface area contributed by atoms with Crippen LogP contribution in [-0.2, 0) is 11.2 Å². The summed E-state index contributed by atoms with van der Waals surface area (Å²) in [5.74, 6) is 1.48. The molecule has 25 heavy (non-hydrogen) atoms. The zero-order valence-corrected chi connectivity index (χ0v) is 14.5. The van der Waals surface area contributed by atoms with Crippen LogP contribution in [0.3, 0.4) is 0 Å². The van der Waals surface area contributed by atoms with Crippen molar-refractivity contribution in [1.82, 2.24) is 15.0 Å². The van der Waals surface area contributed by atoms with Crippen molar-refractivity contribution >= 4 is 5.91 Å². The van der Waals surface area contributed by atoms with Gasteiger partial charge in [0.05, 0.1) is 6.04 Å². The molecule has 1 aromatic heterocycles. The molecule has 6 heteroatoms. The lowest BCUT2D eigenvalue weighted by molar-refractivity contribution is -0.142. The largest absolute Gasteiger partial charge is 0.480 e. The van der Waals surface area contributed by atoms with Gasteiger partial charge in [-0.15, -0.1) is 0 Å². The van der Waals surface area contributed by atoms with Crippen molar-refractivity contribution in [3.8, 4) is 5.75 Å². The van der Waals surface area contributed by atoms with Gasteiger partial charge in [-0.25, -0.2) is 0 Å². The first-order chi connectivity index (χ1) is 12.2. The van der Waals surface area contributed by atoms with E-state index in [4.69, 9.17) is 9.26 Å². The highest BCUT2D eigenvalue weighted by Gasteiger charge is 2.36. The third-order valence-corrected chi connectivity index (χ3v) is 5.15. The lowest BCUT2D eigenvalue weighted by Crippen LogP contribution is -2.45. The molecular weight excluding hydrogens is 318 g/mol. The third kappa shape index (κ3) is 3.25. The zero-order valence-electron chi connectivity index (χ0n) is 14.5. The molecule has 0 spiro atoms. The lowest BCUT2D eigenvalue weighted by Gasteiger charge is -2.33. The molecule has 0 bridgehead atoms. The molecule has 0 unspecified atom stereocenters. The fourth-order valence-corrected chi connectivity index (χ4v) is 3.84. The van der Waals surface area contributed by atoms with Crippen molar-refractivity contribution in [1.29, 1.82) is 0 Å². The minimum Gasteiger partial charge on any atom is -0.480 e. The number of rotatable bonds is 2. The Morgan fingerprint density at radius 3 is 3.00 bits per heavy atom. The number of benzene rings is 1. The van der Waals surface area contributed by atoms with E-state index in [2.05, 4.69) is 23.1 Å². The Morgan fingerprint density at radius 2 is 2.16 bits per heavy atom. The molecule has 0 N–H and O–H groups in total. The number of fused-ring (bicyclic) bond motifs is 1. The maximum absolute atomic E-state index is 13.2. The van der Waals surface area contributed by atoms with E-state index in [1.165, 1.54) is 17.5 Å². The van der Waals surface area contributed by atoms with Crippen molar-refractivity contribution in [2.45, 2.75) is 57.6 Å². The van der Waals surface area contributed by atoms with E-state index < -0.39 is 6.10 Å². The maximum Gasteiger partial charge on any atom is 0.264 e. The first-order valence-corrected chi connectivity index (χ1v) is 9.05. The average molecular weight is 341 g/mol. The van der Waals surface area contributed by atoms with E-state index in [-0.39, 0.29) is 11.9 Å². The predicted molar refractivity (Wildman–Crippen MR) is 91.1 cm³/mol. The number of carbonyl (C=O) groups excluding carboxylic acids is 1. The van der Waals surface area contributed by atoms with Crippen LogP contribution in [0.15, 0.2) is 29.1 Å². The van der Waals surface area contributed by atoms with Crippen molar-refractivity contribution in [3.63, 3.8) is 0 Å². The van der Waals surface area contributed by atoms with Gasteiger partial charge in [-0.3, -0.25) is 4.79 Å². The summed E-state index contributed by atoms with van der Waals surface area (Å²) >= 11 is 0. The van der Waals surface area contributed by atoms with Gasteiger partial charge in [0.1, 0.15) is 5.75 Å². The Hall–Kier alpha value is -2.37. The van der Waals surface area contributed by atoms with Gasteiger partial charge in [-0.1, -0.05) is 35.7 Å². The molecule has 6 nitrogen and oxygen atoms in total. The summed E-state index contributed by atoms with van der Waals surface area (Å²) in [5, 5.41) is 3.98. The molecule has 2 aliphatic heterocycles. The minimum atomic E-state index is -0.428. The second-order valence-corrected chi connectivity index (χ2v) is 6.94. The molecule has 132 valence electrons. The van der Waals surface area contributed by atoms with E-state index in [9.17, 15) is 4.79 Å². The van der Waals surface area contributed by atoms with Crippen LogP contribution >= 0.6 is 0 Å².